The summed E-state index contributed by atoms with van der Waals surface area (Å²) in [4.78, 5) is 45.8. The molecule has 0 aliphatic carbocycles. The van der Waals surface area contributed by atoms with Crippen LogP contribution < -0.4 is 19.7 Å². The van der Waals surface area contributed by atoms with E-state index in [-0.39, 0.29) is 24.3 Å². The lowest BCUT2D eigenvalue weighted by Crippen LogP contribution is -2.51. The van der Waals surface area contributed by atoms with E-state index in [1.807, 2.05) is 81.1 Å². The van der Waals surface area contributed by atoms with Crippen LogP contribution in [0.4, 0.5) is 11.4 Å². The van der Waals surface area contributed by atoms with Gasteiger partial charge in [0.15, 0.2) is 23.1 Å². The Labute approximate surface area is 232 Å². The third-order valence-corrected chi connectivity index (χ3v) is 8.83. The fourth-order valence-electron chi connectivity index (χ4n) is 7.06. The number of ether oxygens (including phenoxy) is 2. The van der Waals surface area contributed by atoms with Gasteiger partial charge in [0.05, 0.1) is 12.0 Å². The summed E-state index contributed by atoms with van der Waals surface area (Å²) < 4.78 is 11.1. The molecule has 1 saturated heterocycles. The maximum Gasteiger partial charge on any atom is 0.238 e. The van der Waals surface area contributed by atoms with Crippen molar-refractivity contribution < 1.29 is 23.9 Å². The second-order valence-corrected chi connectivity index (χ2v) is 12.1. The Balaban J connectivity index is 1.54. The molecule has 0 aromatic heterocycles. The Morgan fingerprint density at radius 3 is 2.50 bits per heavy atom. The molecule has 4 aliphatic rings. The van der Waals surface area contributed by atoms with E-state index in [4.69, 9.17) is 9.47 Å². The van der Waals surface area contributed by atoms with Crippen molar-refractivity contribution in [3.8, 4) is 11.5 Å². The number of hydrogen-bond donors (Lipinski definition) is 1. The van der Waals surface area contributed by atoms with Crippen LogP contribution in [0, 0.1) is 11.3 Å². The molecule has 1 N–H and O–H groups in total. The molecule has 0 radical (unpaired) electrons. The van der Waals surface area contributed by atoms with Crippen molar-refractivity contribution in [2.45, 2.75) is 45.2 Å². The SMILES string of the molecule is CC1=C[C@H]2N(c3ccccc31)[C@@H](C(=O)C(C)(C)C)[C@@H](C(=O)c1ccc3c(c1)OCO3)[C@@]21C(=O)Nc2ccccc21. The largest absolute Gasteiger partial charge is 0.454 e. The van der Waals surface area contributed by atoms with Gasteiger partial charge in [-0.3, -0.25) is 14.4 Å². The number of carbonyl (C=O) groups is 3. The van der Waals surface area contributed by atoms with E-state index in [0.717, 1.165) is 22.4 Å². The fourth-order valence-corrected chi connectivity index (χ4v) is 7.06. The lowest BCUT2D eigenvalue weighted by molar-refractivity contribution is -0.128. The van der Waals surface area contributed by atoms with Gasteiger partial charge in [-0.25, -0.2) is 0 Å². The number of fused-ring (bicyclic) bond motifs is 7. The second kappa shape index (κ2) is 8.31. The van der Waals surface area contributed by atoms with Gasteiger partial charge < -0.3 is 19.7 Å². The number of allylic oxidation sites excluding steroid dienone is 1. The molecule has 1 amide bonds. The van der Waals surface area contributed by atoms with Crippen LogP contribution in [-0.2, 0) is 15.0 Å². The first-order chi connectivity index (χ1) is 19.1. The molecule has 7 nitrogen and oxygen atoms in total. The molecule has 1 fully saturated rings. The fraction of sp³-hybridized carbons (Fsp3) is 0.303. The number of ketones is 2. The average Bonchev–Trinajstić information content (AvgIpc) is 3.61. The van der Waals surface area contributed by atoms with Crippen LogP contribution in [0.1, 0.15) is 49.2 Å². The monoisotopic (exact) mass is 534 g/mol. The number of rotatable bonds is 3. The highest BCUT2D eigenvalue weighted by molar-refractivity contribution is 6.17. The second-order valence-electron chi connectivity index (χ2n) is 12.1. The molecule has 40 heavy (non-hydrogen) atoms. The summed E-state index contributed by atoms with van der Waals surface area (Å²) >= 11 is 0. The molecular weight excluding hydrogens is 504 g/mol. The molecule has 4 atom stereocenters. The molecule has 0 bridgehead atoms. The summed E-state index contributed by atoms with van der Waals surface area (Å²) in [6.07, 6.45) is 2.07. The zero-order chi connectivity index (χ0) is 28.0. The predicted molar refractivity (Wildman–Crippen MR) is 152 cm³/mol. The summed E-state index contributed by atoms with van der Waals surface area (Å²) in [5, 5.41) is 3.08. The lowest BCUT2D eigenvalue weighted by atomic mass is 9.63. The molecule has 1 spiro atoms. The van der Waals surface area contributed by atoms with Gasteiger partial charge in [0, 0.05) is 27.9 Å². The third-order valence-electron chi connectivity index (χ3n) is 8.83. The summed E-state index contributed by atoms with van der Waals surface area (Å²) in [6.45, 7) is 7.72. The summed E-state index contributed by atoms with van der Waals surface area (Å²) in [5.74, 6) is -0.585. The molecular formula is C33H30N2O5. The minimum Gasteiger partial charge on any atom is -0.454 e. The van der Waals surface area contributed by atoms with Crippen LogP contribution in [0.3, 0.4) is 0 Å². The van der Waals surface area contributed by atoms with Crippen LogP contribution >= 0.6 is 0 Å². The number of amides is 1. The van der Waals surface area contributed by atoms with Crippen LogP contribution in [0.2, 0.25) is 0 Å². The normalized spacial score (nSPS) is 25.7. The standard InChI is InChI=1S/C33H30N2O5/c1-18-15-26-33(21-10-6-7-11-22(21)34-31(33)38)27(29(36)19-13-14-24-25(16-19)40-17-39-24)28(30(37)32(2,3)4)35(26)23-12-8-5-9-20(18)23/h5-16,26-28H,17H2,1-4H3,(H,34,38)/t26-,27+,28-,33+/m1/s1. The zero-order valence-electron chi connectivity index (χ0n) is 22.9. The van der Waals surface area contributed by atoms with E-state index in [1.54, 1.807) is 18.2 Å². The van der Waals surface area contributed by atoms with Gasteiger partial charge in [-0.2, -0.15) is 0 Å². The van der Waals surface area contributed by atoms with Crippen molar-refractivity contribution in [3.63, 3.8) is 0 Å². The van der Waals surface area contributed by atoms with Crippen molar-refractivity contribution in [2.75, 3.05) is 17.0 Å². The first-order valence-corrected chi connectivity index (χ1v) is 13.6. The number of nitrogens with one attached hydrogen (secondary N) is 1. The number of nitrogens with zero attached hydrogens (tertiary/aromatic N) is 1. The molecule has 0 saturated carbocycles. The van der Waals surface area contributed by atoms with Crippen molar-refractivity contribution >= 4 is 34.4 Å². The Morgan fingerprint density at radius 2 is 1.70 bits per heavy atom. The average molecular weight is 535 g/mol. The molecule has 4 aliphatic heterocycles. The van der Waals surface area contributed by atoms with Crippen molar-refractivity contribution in [2.24, 2.45) is 11.3 Å². The molecule has 7 heteroatoms. The quantitative estimate of drug-likeness (QED) is 0.454. The molecule has 3 aromatic rings. The maximum atomic E-state index is 14.9. The van der Waals surface area contributed by atoms with E-state index < -0.39 is 28.8 Å². The highest BCUT2D eigenvalue weighted by atomic mass is 16.7. The van der Waals surface area contributed by atoms with Gasteiger partial charge in [-0.05, 0) is 48.4 Å². The topological polar surface area (TPSA) is 84.9 Å². The third kappa shape index (κ3) is 3.14. The Morgan fingerprint density at radius 1 is 0.975 bits per heavy atom. The predicted octanol–water partition coefficient (Wildman–Crippen LogP) is 5.39. The van der Waals surface area contributed by atoms with Crippen LogP contribution in [0.5, 0.6) is 11.5 Å². The van der Waals surface area contributed by atoms with Crippen LogP contribution in [0.15, 0.2) is 72.8 Å². The number of anilines is 2. The Hall–Kier alpha value is -4.39. The highest BCUT2D eigenvalue weighted by Gasteiger charge is 2.71. The van der Waals surface area contributed by atoms with E-state index >= 15 is 0 Å². The van der Waals surface area contributed by atoms with Gasteiger partial charge >= 0.3 is 0 Å². The summed E-state index contributed by atoms with van der Waals surface area (Å²) in [6, 6.07) is 19.1. The first-order valence-electron chi connectivity index (χ1n) is 13.6. The van der Waals surface area contributed by atoms with Crippen LogP contribution in [0.25, 0.3) is 5.57 Å². The number of Topliss-reactive ketones (excluding diaryl/α,β-unsaturated/α-hetero) is 2. The number of para-hydroxylation sites is 2. The maximum absolute atomic E-state index is 14.9. The molecule has 4 heterocycles. The van der Waals surface area contributed by atoms with E-state index in [0.29, 0.717) is 22.7 Å². The van der Waals surface area contributed by atoms with Crippen molar-refractivity contribution in [3.05, 3.63) is 89.5 Å². The number of carbonyl (C=O) groups excluding carboxylic acids is 3. The van der Waals surface area contributed by atoms with Gasteiger partial charge in [0.2, 0.25) is 12.7 Å². The summed E-state index contributed by atoms with van der Waals surface area (Å²) in [5.41, 5.74) is 2.54. The van der Waals surface area contributed by atoms with E-state index in [2.05, 4.69) is 11.4 Å². The van der Waals surface area contributed by atoms with Crippen molar-refractivity contribution in [1.29, 1.82) is 0 Å². The molecule has 202 valence electrons. The van der Waals surface area contributed by atoms with E-state index in [1.165, 1.54) is 0 Å². The van der Waals surface area contributed by atoms with E-state index in [9.17, 15) is 14.4 Å². The van der Waals surface area contributed by atoms with Crippen LogP contribution in [-0.4, -0.2) is 36.4 Å². The minimum atomic E-state index is -1.33. The van der Waals surface area contributed by atoms with Gasteiger partial charge in [0.1, 0.15) is 11.5 Å². The summed E-state index contributed by atoms with van der Waals surface area (Å²) in [7, 11) is 0. The van der Waals surface area contributed by atoms with Crippen molar-refractivity contribution in [1.82, 2.24) is 0 Å². The Bertz CT molecular complexity index is 1650. The first kappa shape index (κ1) is 24.6. The minimum absolute atomic E-state index is 0.0813. The number of benzene rings is 3. The molecule has 7 rings (SSSR count). The number of hydrogen-bond acceptors (Lipinski definition) is 6. The van der Waals surface area contributed by atoms with Gasteiger partial charge in [0.25, 0.3) is 0 Å². The molecule has 0 unspecified atom stereocenters. The highest BCUT2D eigenvalue weighted by Crippen LogP contribution is 2.59. The smallest absolute Gasteiger partial charge is 0.238 e. The Kier molecular flexibility index (Phi) is 5.12. The van der Waals surface area contributed by atoms with Gasteiger partial charge in [-0.1, -0.05) is 63.2 Å². The van der Waals surface area contributed by atoms with Gasteiger partial charge in [-0.15, -0.1) is 0 Å². The lowest BCUT2D eigenvalue weighted by Gasteiger charge is -2.39. The molecule has 3 aromatic carbocycles. The zero-order valence-corrected chi connectivity index (χ0v) is 22.9.